The second-order valence-corrected chi connectivity index (χ2v) is 16.1. The first kappa shape index (κ1) is 33.2. The van der Waals surface area contributed by atoms with Gasteiger partial charge < -0.3 is 4.90 Å². The van der Waals surface area contributed by atoms with Crippen molar-refractivity contribution in [2.75, 3.05) is 4.90 Å². The second kappa shape index (κ2) is 12.6. The predicted molar refractivity (Wildman–Crippen MR) is 233 cm³/mol. The molecule has 2 aliphatic carbocycles. The van der Waals surface area contributed by atoms with Gasteiger partial charge in [0, 0.05) is 22.2 Å². The van der Waals surface area contributed by atoms with Gasteiger partial charge in [-0.05, 0) is 102 Å². The summed E-state index contributed by atoms with van der Waals surface area (Å²) >= 11 is 0. The molecule has 0 saturated heterocycles. The first-order chi connectivity index (χ1) is 26.8. The molecule has 8 aromatic carbocycles. The summed E-state index contributed by atoms with van der Waals surface area (Å²) < 4.78 is 0. The van der Waals surface area contributed by atoms with E-state index in [2.05, 4.69) is 221 Å². The third-order valence-corrected chi connectivity index (χ3v) is 12.2. The maximum Gasteiger partial charge on any atom is 0.0556 e. The fourth-order valence-corrected chi connectivity index (χ4v) is 9.64. The topological polar surface area (TPSA) is 3.24 Å². The van der Waals surface area contributed by atoms with Gasteiger partial charge in [-0.3, -0.25) is 0 Å². The monoisotopic (exact) mass is 705 g/mol. The minimum Gasteiger partial charge on any atom is -0.310 e. The van der Waals surface area contributed by atoms with Gasteiger partial charge in [-0.1, -0.05) is 191 Å². The molecular formula is C54H43N. The van der Waals surface area contributed by atoms with Crippen LogP contribution in [0.1, 0.15) is 49.9 Å². The van der Waals surface area contributed by atoms with Crippen molar-refractivity contribution in [3.05, 3.63) is 210 Å². The molecule has 55 heavy (non-hydrogen) atoms. The lowest BCUT2D eigenvalue weighted by Gasteiger charge is -2.38. The van der Waals surface area contributed by atoms with E-state index in [1.807, 2.05) is 0 Å². The third kappa shape index (κ3) is 5.07. The molecule has 264 valence electrons. The summed E-state index contributed by atoms with van der Waals surface area (Å²) in [4.78, 5) is 2.55. The van der Waals surface area contributed by atoms with Crippen molar-refractivity contribution in [1.29, 1.82) is 0 Å². The Hall–Kier alpha value is -6.44. The zero-order valence-corrected chi connectivity index (χ0v) is 31.8. The van der Waals surface area contributed by atoms with E-state index in [0.717, 1.165) is 11.4 Å². The van der Waals surface area contributed by atoms with Crippen LogP contribution in [0, 0.1) is 0 Å². The van der Waals surface area contributed by atoms with Gasteiger partial charge in [-0.15, -0.1) is 0 Å². The highest BCUT2D eigenvalue weighted by atomic mass is 15.2. The molecule has 1 heteroatoms. The van der Waals surface area contributed by atoms with Gasteiger partial charge in [0.2, 0.25) is 0 Å². The molecule has 0 radical (unpaired) electrons. The summed E-state index contributed by atoms with van der Waals surface area (Å²) in [5.41, 5.74) is 21.4. The van der Waals surface area contributed by atoms with E-state index in [-0.39, 0.29) is 10.8 Å². The number of nitrogens with zero attached hydrogens (tertiary/aromatic N) is 1. The Kier molecular flexibility index (Phi) is 7.58. The van der Waals surface area contributed by atoms with Crippen LogP contribution in [0.15, 0.2) is 188 Å². The minimum atomic E-state index is -0.266. The van der Waals surface area contributed by atoms with E-state index in [4.69, 9.17) is 0 Å². The number of hydrogen-bond acceptors (Lipinski definition) is 1. The number of fused-ring (bicyclic) bond motifs is 6. The van der Waals surface area contributed by atoms with E-state index in [1.54, 1.807) is 0 Å². The van der Waals surface area contributed by atoms with Crippen LogP contribution in [-0.4, -0.2) is 0 Å². The summed E-state index contributed by atoms with van der Waals surface area (Å²) in [6.07, 6.45) is 0. The SMILES string of the molecule is CC1(C)c2ccccc2-c2c(-c3ccc(-c4ccc(-c5ccccc5)cc4)cc3)c3c(c(N(c4ccccc4)c4ccccc4)c21)C(C)(C)c1ccccc1-3. The number of benzene rings is 8. The molecule has 0 fully saturated rings. The van der Waals surface area contributed by atoms with Gasteiger partial charge >= 0.3 is 0 Å². The molecule has 0 unspecified atom stereocenters. The second-order valence-electron chi connectivity index (χ2n) is 16.1. The molecule has 1 nitrogen and oxygen atoms in total. The number of hydrogen-bond donors (Lipinski definition) is 0. The van der Waals surface area contributed by atoms with Gasteiger partial charge in [0.05, 0.1) is 5.69 Å². The van der Waals surface area contributed by atoms with E-state index in [9.17, 15) is 0 Å². The summed E-state index contributed by atoms with van der Waals surface area (Å²) in [5.74, 6) is 0. The molecule has 0 heterocycles. The highest BCUT2D eigenvalue weighted by molar-refractivity contribution is 6.09. The number of para-hydroxylation sites is 2. The highest BCUT2D eigenvalue weighted by Gasteiger charge is 2.48. The van der Waals surface area contributed by atoms with Crippen LogP contribution >= 0.6 is 0 Å². The van der Waals surface area contributed by atoms with Crippen molar-refractivity contribution in [2.24, 2.45) is 0 Å². The normalized spacial score (nSPS) is 14.1. The number of rotatable bonds is 6. The van der Waals surface area contributed by atoms with Gasteiger partial charge in [0.25, 0.3) is 0 Å². The summed E-state index contributed by atoms with van der Waals surface area (Å²) in [6.45, 7) is 9.73. The van der Waals surface area contributed by atoms with Crippen molar-refractivity contribution in [2.45, 2.75) is 38.5 Å². The van der Waals surface area contributed by atoms with Gasteiger partial charge in [-0.2, -0.15) is 0 Å². The van der Waals surface area contributed by atoms with Gasteiger partial charge in [0.1, 0.15) is 0 Å². The van der Waals surface area contributed by atoms with E-state index < -0.39 is 0 Å². The molecule has 0 amide bonds. The number of anilines is 3. The smallest absolute Gasteiger partial charge is 0.0556 e. The fourth-order valence-electron chi connectivity index (χ4n) is 9.64. The average molecular weight is 706 g/mol. The first-order valence-corrected chi connectivity index (χ1v) is 19.5. The largest absolute Gasteiger partial charge is 0.310 e. The molecule has 10 rings (SSSR count). The molecule has 2 aliphatic rings. The van der Waals surface area contributed by atoms with Crippen LogP contribution < -0.4 is 4.90 Å². The van der Waals surface area contributed by atoms with E-state index >= 15 is 0 Å². The maximum absolute atomic E-state index is 2.55. The molecule has 0 spiro atoms. The summed E-state index contributed by atoms with van der Waals surface area (Å²) in [5, 5.41) is 0. The third-order valence-electron chi connectivity index (χ3n) is 12.2. The van der Waals surface area contributed by atoms with Crippen molar-refractivity contribution in [3.63, 3.8) is 0 Å². The Balaban J connectivity index is 1.27. The first-order valence-electron chi connectivity index (χ1n) is 19.5. The quantitative estimate of drug-likeness (QED) is 0.166. The lowest BCUT2D eigenvalue weighted by molar-refractivity contribution is 0.640. The Morgan fingerprint density at radius 2 is 0.636 bits per heavy atom. The fraction of sp³-hybridized carbons (Fsp3) is 0.111. The molecule has 0 atom stereocenters. The molecule has 8 aromatic rings. The van der Waals surface area contributed by atoms with Gasteiger partial charge in [0.15, 0.2) is 0 Å². The van der Waals surface area contributed by atoms with Crippen LogP contribution in [0.4, 0.5) is 17.1 Å². The Morgan fingerprint density at radius 3 is 1.05 bits per heavy atom. The lowest BCUT2D eigenvalue weighted by Crippen LogP contribution is -2.26. The summed E-state index contributed by atoms with van der Waals surface area (Å²) in [7, 11) is 0. The molecular weight excluding hydrogens is 663 g/mol. The van der Waals surface area contributed by atoms with Crippen LogP contribution in [0.2, 0.25) is 0 Å². The minimum absolute atomic E-state index is 0.266. The van der Waals surface area contributed by atoms with Crippen LogP contribution in [0.3, 0.4) is 0 Å². The molecule has 0 aromatic heterocycles. The lowest BCUT2D eigenvalue weighted by atomic mass is 9.73. The van der Waals surface area contributed by atoms with Crippen LogP contribution in [0.25, 0.3) is 55.6 Å². The zero-order valence-electron chi connectivity index (χ0n) is 31.8. The van der Waals surface area contributed by atoms with Crippen molar-refractivity contribution in [3.8, 4) is 55.6 Å². The predicted octanol–water partition coefficient (Wildman–Crippen LogP) is 14.8. The van der Waals surface area contributed by atoms with Crippen molar-refractivity contribution < 1.29 is 0 Å². The summed E-state index contributed by atoms with van der Waals surface area (Å²) in [6, 6.07) is 69.1. The Morgan fingerprint density at radius 1 is 0.309 bits per heavy atom. The zero-order chi connectivity index (χ0) is 37.3. The van der Waals surface area contributed by atoms with E-state index in [0.29, 0.717) is 0 Å². The average Bonchev–Trinajstić information content (AvgIpc) is 3.62. The maximum atomic E-state index is 2.55. The molecule has 0 N–H and O–H groups in total. The Labute approximate surface area is 325 Å². The molecule has 0 bridgehead atoms. The molecule has 0 aliphatic heterocycles. The van der Waals surface area contributed by atoms with Crippen LogP contribution in [-0.2, 0) is 10.8 Å². The van der Waals surface area contributed by atoms with Crippen molar-refractivity contribution >= 4 is 17.1 Å². The van der Waals surface area contributed by atoms with E-state index in [1.165, 1.54) is 83.6 Å². The van der Waals surface area contributed by atoms with Gasteiger partial charge in [-0.25, -0.2) is 0 Å². The Bertz CT molecular complexity index is 2580. The van der Waals surface area contributed by atoms with Crippen molar-refractivity contribution in [1.82, 2.24) is 0 Å². The highest BCUT2D eigenvalue weighted by Crippen LogP contribution is 2.66. The molecule has 0 saturated carbocycles. The standard InChI is InChI=1S/C54H43N/c1-53(2)45-26-16-14-24-43(45)48-47(40-34-32-39(33-35-40)38-30-28-37(29-31-38)36-18-8-5-9-19-36)49-44-25-15-17-27-46(44)54(3,4)51(49)52(50(48)53)55(41-20-10-6-11-21-41)42-22-12-7-13-23-42/h5-35H,1-4H3. The van der Waals surface area contributed by atoms with Crippen LogP contribution in [0.5, 0.6) is 0 Å².